The molecule has 0 unspecified atom stereocenters. The molecule has 0 spiro atoms. The summed E-state index contributed by atoms with van der Waals surface area (Å²) in [6.07, 6.45) is 6.37. The molecule has 0 aliphatic heterocycles. The molecule has 0 heterocycles. The normalized spacial score (nSPS) is 18.3. The Bertz CT molecular complexity index is 189. The van der Waals surface area contributed by atoms with Crippen molar-refractivity contribution in [3.63, 3.8) is 0 Å². The fraction of sp³-hybridized carbons (Fsp3) is 0.857. The maximum absolute atomic E-state index is 5.90. The smallest absolute Gasteiger partial charge is 0.0581 e. The molecule has 0 radical (unpaired) electrons. The van der Waals surface area contributed by atoms with E-state index in [9.17, 15) is 0 Å². The summed E-state index contributed by atoms with van der Waals surface area (Å²) in [5.74, 6) is 0. The van der Waals surface area contributed by atoms with Crippen molar-refractivity contribution in [3.8, 4) is 0 Å². The van der Waals surface area contributed by atoms with Gasteiger partial charge in [-0.25, -0.2) is 0 Å². The van der Waals surface area contributed by atoms with Gasteiger partial charge in [0.25, 0.3) is 0 Å². The summed E-state index contributed by atoms with van der Waals surface area (Å²) < 4.78 is 5.90. The van der Waals surface area contributed by atoms with E-state index in [1.54, 1.807) is 0 Å². The molecule has 0 amide bonds. The van der Waals surface area contributed by atoms with Gasteiger partial charge in [-0.2, -0.15) is 0 Å². The Morgan fingerprint density at radius 1 is 1.25 bits per heavy atom. The largest absolute Gasteiger partial charge is 0.378 e. The maximum atomic E-state index is 5.90. The van der Waals surface area contributed by atoms with Crippen molar-refractivity contribution < 1.29 is 4.74 Å². The lowest BCUT2D eigenvalue weighted by Crippen LogP contribution is -2.26. The van der Waals surface area contributed by atoms with Crippen molar-refractivity contribution in [3.05, 3.63) is 12.2 Å². The second-order valence-corrected chi connectivity index (χ2v) is 4.70. The van der Waals surface area contributed by atoms with Gasteiger partial charge < -0.3 is 9.64 Å². The second-order valence-electron chi connectivity index (χ2n) is 4.70. The molecular formula is C14H27NO. The van der Waals surface area contributed by atoms with Gasteiger partial charge in [0.15, 0.2) is 0 Å². The first-order chi connectivity index (χ1) is 7.76. The van der Waals surface area contributed by atoms with Gasteiger partial charge in [0.2, 0.25) is 0 Å². The predicted octanol–water partition coefficient (Wildman–Crippen LogP) is 3.23. The van der Waals surface area contributed by atoms with Gasteiger partial charge in [-0.1, -0.05) is 26.0 Å². The van der Waals surface area contributed by atoms with E-state index in [1.807, 2.05) is 0 Å². The fourth-order valence-electron chi connectivity index (χ4n) is 2.24. The number of nitrogens with zero attached hydrogens (tertiary/aromatic N) is 1. The minimum atomic E-state index is 0.502. The lowest BCUT2D eigenvalue weighted by Gasteiger charge is -2.24. The molecule has 2 heteroatoms. The van der Waals surface area contributed by atoms with Crippen molar-refractivity contribution in [1.82, 2.24) is 4.90 Å². The Balaban J connectivity index is 2.00. The third kappa shape index (κ3) is 5.13. The first-order valence-corrected chi connectivity index (χ1v) is 6.76. The van der Waals surface area contributed by atoms with Crippen LogP contribution in [-0.2, 0) is 4.74 Å². The summed E-state index contributed by atoms with van der Waals surface area (Å²) >= 11 is 0. The van der Waals surface area contributed by atoms with E-state index >= 15 is 0 Å². The highest BCUT2D eigenvalue weighted by Crippen LogP contribution is 2.23. The molecule has 1 aliphatic carbocycles. The van der Waals surface area contributed by atoms with Crippen LogP contribution in [0, 0.1) is 0 Å². The fourth-order valence-corrected chi connectivity index (χ4v) is 2.24. The second kappa shape index (κ2) is 7.86. The molecule has 16 heavy (non-hydrogen) atoms. The quantitative estimate of drug-likeness (QED) is 0.487. The zero-order valence-electron chi connectivity index (χ0n) is 11.0. The van der Waals surface area contributed by atoms with Crippen molar-refractivity contribution >= 4 is 0 Å². The van der Waals surface area contributed by atoms with E-state index in [2.05, 4.69) is 25.3 Å². The van der Waals surface area contributed by atoms with E-state index in [0.717, 1.165) is 19.7 Å². The van der Waals surface area contributed by atoms with Crippen LogP contribution >= 0.6 is 0 Å². The standard InChI is InChI=1S/C14H27NO/c1-4-15(5-2)11-6-12-16-14-9-7-13(3)8-10-14/h14H,3-12H2,1-2H3. The van der Waals surface area contributed by atoms with Crippen LogP contribution in [0.5, 0.6) is 0 Å². The van der Waals surface area contributed by atoms with Gasteiger partial charge >= 0.3 is 0 Å². The molecule has 1 aliphatic rings. The summed E-state index contributed by atoms with van der Waals surface area (Å²) in [6.45, 7) is 12.9. The zero-order chi connectivity index (χ0) is 11.8. The average Bonchev–Trinajstić information content (AvgIpc) is 2.32. The molecule has 1 rings (SSSR count). The van der Waals surface area contributed by atoms with Gasteiger partial charge in [-0.15, -0.1) is 0 Å². The summed E-state index contributed by atoms with van der Waals surface area (Å²) in [5, 5.41) is 0. The number of rotatable bonds is 7. The molecule has 94 valence electrons. The van der Waals surface area contributed by atoms with Gasteiger partial charge in [-0.3, -0.25) is 0 Å². The maximum Gasteiger partial charge on any atom is 0.0581 e. The lowest BCUT2D eigenvalue weighted by molar-refractivity contribution is 0.0306. The van der Waals surface area contributed by atoms with Crippen molar-refractivity contribution in [2.45, 2.75) is 52.1 Å². The molecule has 1 saturated carbocycles. The molecule has 0 aromatic heterocycles. The Morgan fingerprint density at radius 2 is 1.88 bits per heavy atom. The average molecular weight is 225 g/mol. The highest BCUT2D eigenvalue weighted by molar-refractivity contribution is 4.98. The van der Waals surface area contributed by atoms with Crippen LogP contribution in [0.25, 0.3) is 0 Å². The molecule has 0 N–H and O–H groups in total. The van der Waals surface area contributed by atoms with Crippen LogP contribution in [-0.4, -0.2) is 37.2 Å². The minimum Gasteiger partial charge on any atom is -0.378 e. The van der Waals surface area contributed by atoms with E-state index < -0.39 is 0 Å². The number of hydrogen-bond acceptors (Lipinski definition) is 2. The molecule has 0 saturated heterocycles. The summed E-state index contributed by atoms with van der Waals surface area (Å²) in [4.78, 5) is 2.45. The Labute approximate surface area is 101 Å². The van der Waals surface area contributed by atoms with Gasteiger partial charge in [-0.05, 0) is 45.2 Å². The third-order valence-corrected chi connectivity index (χ3v) is 3.51. The van der Waals surface area contributed by atoms with E-state index in [1.165, 1.54) is 44.2 Å². The van der Waals surface area contributed by atoms with Crippen LogP contribution < -0.4 is 0 Å². The first kappa shape index (κ1) is 13.7. The molecule has 0 aromatic carbocycles. The number of allylic oxidation sites excluding steroid dienone is 1. The summed E-state index contributed by atoms with van der Waals surface area (Å²) in [7, 11) is 0. The number of ether oxygens (including phenoxy) is 1. The molecule has 0 aromatic rings. The van der Waals surface area contributed by atoms with Crippen molar-refractivity contribution in [2.24, 2.45) is 0 Å². The molecule has 0 bridgehead atoms. The highest BCUT2D eigenvalue weighted by Gasteiger charge is 2.15. The van der Waals surface area contributed by atoms with Crippen LogP contribution in [0.2, 0.25) is 0 Å². The minimum absolute atomic E-state index is 0.502. The van der Waals surface area contributed by atoms with Crippen LogP contribution in [0.4, 0.5) is 0 Å². The predicted molar refractivity (Wildman–Crippen MR) is 69.8 cm³/mol. The lowest BCUT2D eigenvalue weighted by atomic mass is 9.94. The molecular weight excluding hydrogens is 198 g/mol. The highest BCUT2D eigenvalue weighted by atomic mass is 16.5. The van der Waals surface area contributed by atoms with E-state index in [0.29, 0.717) is 6.10 Å². The van der Waals surface area contributed by atoms with E-state index in [4.69, 9.17) is 4.74 Å². The van der Waals surface area contributed by atoms with Crippen LogP contribution in [0.15, 0.2) is 12.2 Å². The van der Waals surface area contributed by atoms with Crippen LogP contribution in [0.3, 0.4) is 0 Å². The molecule has 1 fully saturated rings. The summed E-state index contributed by atoms with van der Waals surface area (Å²) in [6, 6.07) is 0. The topological polar surface area (TPSA) is 12.5 Å². The number of hydrogen-bond donors (Lipinski definition) is 0. The Hall–Kier alpha value is -0.340. The van der Waals surface area contributed by atoms with Gasteiger partial charge in [0.1, 0.15) is 0 Å². The Kier molecular flexibility index (Phi) is 6.74. The molecule has 0 atom stereocenters. The SMILES string of the molecule is C=C1CCC(OCCCN(CC)CC)CC1. The Morgan fingerprint density at radius 3 is 2.44 bits per heavy atom. The van der Waals surface area contributed by atoms with E-state index in [-0.39, 0.29) is 0 Å². The summed E-state index contributed by atoms with van der Waals surface area (Å²) in [5.41, 5.74) is 1.41. The monoisotopic (exact) mass is 225 g/mol. The third-order valence-electron chi connectivity index (χ3n) is 3.51. The van der Waals surface area contributed by atoms with Gasteiger partial charge in [0.05, 0.1) is 6.10 Å². The zero-order valence-corrected chi connectivity index (χ0v) is 11.0. The van der Waals surface area contributed by atoms with Crippen LogP contribution in [0.1, 0.15) is 46.0 Å². The van der Waals surface area contributed by atoms with Crippen molar-refractivity contribution in [2.75, 3.05) is 26.2 Å². The first-order valence-electron chi connectivity index (χ1n) is 6.76. The van der Waals surface area contributed by atoms with Crippen molar-refractivity contribution in [1.29, 1.82) is 0 Å². The molecule has 2 nitrogen and oxygen atoms in total. The van der Waals surface area contributed by atoms with Gasteiger partial charge in [0, 0.05) is 13.2 Å².